The standard InChI is InChI=1S/C13H12F2N2S/c14-10-3-1-8-2-4-11(6-9(8)5-10)17-12(15)7-16-13(17)18/h1,3,5,7,11H,2,4,6H2,(H,16,18). The maximum atomic E-state index is 13.6. The first kappa shape index (κ1) is 11.6. The van der Waals surface area contributed by atoms with Gasteiger partial charge in [0, 0.05) is 6.04 Å². The molecule has 0 fully saturated rings. The largest absolute Gasteiger partial charge is 0.335 e. The van der Waals surface area contributed by atoms with Crippen LogP contribution in [0.5, 0.6) is 0 Å². The van der Waals surface area contributed by atoms with Gasteiger partial charge in [0.1, 0.15) is 5.82 Å². The topological polar surface area (TPSA) is 20.7 Å². The number of hydrogen-bond acceptors (Lipinski definition) is 1. The highest BCUT2D eigenvalue weighted by atomic mass is 32.1. The molecule has 1 aromatic carbocycles. The molecule has 2 nitrogen and oxygen atoms in total. The molecule has 2 aromatic rings. The lowest BCUT2D eigenvalue weighted by molar-refractivity contribution is 0.375. The van der Waals surface area contributed by atoms with E-state index < -0.39 is 0 Å². The second-order valence-corrected chi connectivity index (χ2v) is 4.98. The van der Waals surface area contributed by atoms with Crippen LogP contribution in [0.2, 0.25) is 0 Å². The zero-order valence-corrected chi connectivity index (χ0v) is 10.4. The number of H-pyrrole nitrogens is 1. The summed E-state index contributed by atoms with van der Waals surface area (Å²) in [5, 5.41) is 0. The van der Waals surface area contributed by atoms with Crippen molar-refractivity contribution in [3.8, 4) is 0 Å². The van der Waals surface area contributed by atoms with E-state index in [1.807, 2.05) is 6.07 Å². The van der Waals surface area contributed by atoms with Crippen molar-refractivity contribution < 1.29 is 8.78 Å². The van der Waals surface area contributed by atoms with Crippen LogP contribution in [-0.4, -0.2) is 9.55 Å². The van der Waals surface area contributed by atoms with Gasteiger partial charge in [-0.3, -0.25) is 4.57 Å². The van der Waals surface area contributed by atoms with Gasteiger partial charge in [-0.1, -0.05) is 6.07 Å². The Bertz CT molecular complexity index is 645. The molecular formula is C13H12F2N2S. The number of aromatic amines is 1. The molecule has 0 spiro atoms. The average molecular weight is 266 g/mol. The molecule has 3 rings (SSSR count). The van der Waals surface area contributed by atoms with E-state index in [0.717, 1.165) is 24.0 Å². The van der Waals surface area contributed by atoms with Gasteiger partial charge in [0.15, 0.2) is 4.77 Å². The average Bonchev–Trinajstić information content (AvgIpc) is 2.68. The minimum atomic E-state index is -0.357. The van der Waals surface area contributed by atoms with E-state index in [1.165, 1.54) is 22.9 Å². The minimum Gasteiger partial charge on any atom is -0.335 e. The molecule has 1 N–H and O–H groups in total. The van der Waals surface area contributed by atoms with Gasteiger partial charge >= 0.3 is 0 Å². The molecule has 1 unspecified atom stereocenters. The zero-order valence-electron chi connectivity index (χ0n) is 9.62. The Labute approximate surface area is 108 Å². The lowest BCUT2D eigenvalue weighted by Crippen LogP contribution is -2.20. The normalized spacial score (nSPS) is 18.7. The quantitative estimate of drug-likeness (QED) is 0.783. The third-order valence-electron chi connectivity index (χ3n) is 3.50. The van der Waals surface area contributed by atoms with Crippen molar-refractivity contribution in [2.45, 2.75) is 25.3 Å². The summed E-state index contributed by atoms with van der Waals surface area (Å²) in [4.78, 5) is 2.70. The van der Waals surface area contributed by atoms with E-state index in [-0.39, 0.29) is 17.8 Å². The van der Waals surface area contributed by atoms with Gasteiger partial charge in [-0.25, -0.2) is 4.39 Å². The summed E-state index contributed by atoms with van der Waals surface area (Å²) in [5.41, 5.74) is 2.10. The number of imidazole rings is 1. The van der Waals surface area contributed by atoms with Crippen LogP contribution in [0.4, 0.5) is 8.78 Å². The third-order valence-corrected chi connectivity index (χ3v) is 3.81. The molecule has 18 heavy (non-hydrogen) atoms. The fraction of sp³-hybridized carbons (Fsp3) is 0.308. The van der Waals surface area contributed by atoms with Gasteiger partial charge in [-0.15, -0.1) is 0 Å². The molecule has 0 saturated heterocycles. The molecule has 0 saturated carbocycles. The second kappa shape index (κ2) is 4.31. The number of fused-ring (bicyclic) bond motifs is 1. The molecule has 94 valence electrons. The first-order chi connectivity index (χ1) is 8.65. The van der Waals surface area contributed by atoms with Crippen molar-refractivity contribution in [1.82, 2.24) is 9.55 Å². The Morgan fingerprint density at radius 1 is 1.28 bits per heavy atom. The van der Waals surface area contributed by atoms with Gasteiger partial charge < -0.3 is 4.98 Å². The SMILES string of the molecule is Fc1ccc2c(c1)CC(n1c(F)c[nH]c1=S)CC2. The molecule has 0 bridgehead atoms. The Balaban J connectivity index is 1.98. The number of nitrogens with zero attached hydrogens (tertiary/aromatic N) is 1. The van der Waals surface area contributed by atoms with Crippen molar-refractivity contribution in [2.75, 3.05) is 0 Å². The first-order valence-corrected chi connectivity index (χ1v) is 6.28. The van der Waals surface area contributed by atoms with Crippen molar-refractivity contribution in [3.63, 3.8) is 0 Å². The fourth-order valence-electron chi connectivity index (χ4n) is 2.62. The molecule has 1 aliphatic rings. The number of nitrogens with one attached hydrogen (secondary N) is 1. The molecule has 1 aromatic heterocycles. The van der Waals surface area contributed by atoms with Crippen LogP contribution < -0.4 is 0 Å². The summed E-state index contributed by atoms with van der Waals surface area (Å²) in [7, 11) is 0. The highest BCUT2D eigenvalue weighted by molar-refractivity contribution is 7.71. The molecule has 5 heteroatoms. The van der Waals surface area contributed by atoms with Crippen LogP contribution in [0.3, 0.4) is 0 Å². The third kappa shape index (κ3) is 1.88. The van der Waals surface area contributed by atoms with Gasteiger partial charge in [-0.05, 0) is 54.7 Å². The molecule has 0 aliphatic heterocycles. The van der Waals surface area contributed by atoms with E-state index in [9.17, 15) is 8.78 Å². The summed E-state index contributed by atoms with van der Waals surface area (Å²) in [6.45, 7) is 0. The van der Waals surface area contributed by atoms with Crippen LogP contribution in [0.15, 0.2) is 24.4 Å². The van der Waals surface area contributed by atoms with Crippen molar-refractivity contribution in [2.24, 2.45) is 0 Å². The fourth-order valence-corrected chi connectivity index (χ4v) is 2.92. The first-order valence-electron chi connectivity index (χ1n) is 5.88. The van der Waals surface area contributed by atoms with Gasteiger partial charge in [0.2, 0.25) is 5.95 Å². The maximum absolute atomic E-state index is 13.6. The van der Waals surface area contributed by atoms with Crippen molar-refractivity contribution in [3.05, 3.63) is 52.1 Å². The Morgan fingerprint density at radius 2 is 2.11 bits per heavy atom. The lowest BCUT2D eigenvalue weighted by Gasteiger charge is -2.25. The highest BCUT2D eigenvalue weighted by Gasteiger charge is 2.22. The van der Waals surface area contributed by atoms with Crippen molar-refractivity contribution >= 4 is 12.2 Å². The number of rotatable bonds is 1. The summed E-state index contributed by atoms with van der Waals surface area (Å²) in [6.07, 6.45) is 3.54. The van der Waals surface area contributed by atoms with Gasteiger partial charge in [0.25, 0.3) is 0 Å². The van der Waals surface area contributed by atoms with Crippen LogP contribution in [-0.2, 0) is 12.8 Å². The number of aromatic nitrogens is 2. The van der Waals surface area contributed by atoms with Crippen molar-refractivity contribution in [1.29, 1.82) is 0 Å². The minimum absolute atomic E-state index is 0.0296. The van der Waals surface area contributed by atoms with Crippen LogP contribution in [0.25, 0.3) is 0 Å². The second-order valence-electron chi connectivity index (χ2n) is 4.60. The Hall–Kier alpha value is -1.49. The predicted octanol–water partition coefficient (Wildman–Crippen LogP) is 3.55. The highest BCUT2D eigenvalue weighted by Crippen LogP contribution is 2.30. The summed E-state index contributed by atoms with van der Waals surface area (Å²) >= 11 is 5.07. The monoisotopic (exact) mass is 266 g/mol. The molecule has 1 heterocycles. The van der Waals surface area contributed by atoms with Crippen LogP contribution in [0.1, 0.15) is 23.6 Å². The van der Waals surface area contributed by atoms with Gasteiger partial charge in [-0.2, -0.15) is 4.39 Å². The predicted molar refractivity (Wildman–Crippen MR) is 67.0 cm³/mol. The lowest BCUT2D eigenvalue weighted by atomic mass is 9.88. The molecule has 1 aliphatic carbocycles. The maximum Gasteiger partial charge on any atom is 0.212 e. The molecular weight excluding hydrogens is 254 g/mol. The Kier molecular flexibility index (Phi) is 2.78. The number of benzene rings is 1. The van der Waals surface area contributed by atoms with E-state index in [4.69, 9.17) is 12.2 Å². The van der Waals surface area contributed by atoms with Crippen LogP contribution >= 0.6 is 12.2 Å². The van der Waals surface area contributed by atoms with E-state index in [2.05, 4.69) is 4.98 Å². The molecule has 0 amide bonds. The van der Waals surface area contributed by atoms with Crippen LogP contribution in [0, 0.1) is 16.5 Å². The number of hydrogen-bond donors (Lipinski definition) is 1. The zero-order chi connectivity index (χ0) is 12.7. The number of halogens is 2. The summed E-state index contributed by atoms with van der Waals surface area (Å²) < 4.78 is 28.7. The van der Waals surface area contributed by atoms with E-state index in [1.54, 1.807) is 0 Å². The van der Waals surface area contributed by atoms with Gasteiger partial charge in [0.05, 0.1) is 6.20 Å². The molecule has 0 radical (unpaired) electrons. The molecule has 1 atom stereocenters. The summed E-state index contributed by atoms with van der Waals surface area (Å²) in [5.74, 6) is -0.600. The smallest absolute Gasteiger partial charge is 0.212 e. The number of aryl methyl sites for hydroxylation is 1. The van der Waals surface area contributed by atoms with E-state index >= 15 is 0 Å². The van der Waals surface area contributed by atoms with E-state index in [0.29, 0.717) is 11.2 Å². The Morgan fingerprint density at radius 3 is 2.83 bits per heavy atom. The summed E-state index contributed by atoms with van der Waals surface area (Å²) in [6, 6.07) is 4.79.